The van der Waals surface area contributed by atoms with E-state index < -0.39 is 0 Å². The highest BCUT2D eigenvalue weighted by atomic mass is 16.5. The Labute approximate surface area is 95.2 Å². The van der Waals surface area contributed by atoms with Crippen molar-refractivity contribution in [3.63, 3.8) is 0 Å². The number of aliphatic hydroxyl groups excluding tert-OH is 1. The van der Waals surface area contributed by atoms with Crippen molar-refractivity contribution in [3.05, 3.63) is 30.3 Å². The summed E-state index contributed by atoms with van der Waals surface area (Å²) in [5.74, 6) is 0.444. The minimum atomic E-state index is -0.218. The molecule has 0 bridgehead atoms. The molecule has 0 aliphatic rings. The van der Waals surface area contributed by atoms with Crippen molar-refractivity contribution in [1.82, 2.24) is 5.32 Å². The van der Waals surface area contributed by atoms with Crippen LogP contribution in [0.15, 0.2) is 30.3 Å². The lowest BCUT2D eigenvalue weighted by Gasteiger charge is -2.14. The molecular formula is C12H17NO3. The molecule has 1 aromatic carbocycles. The van der Waals surface area contributed by atoms with Gasteiger partial charge in [-0.05, 0) is 18.6 Å². The lowest BCUT2D eigenvalue weighted by Crippen LogP contribution is -2.39. The summed E-state index contributed by atoms with van der Waals surface area (Å²) >= 11 is 0. The predicted octanol–water partition coefficient (Wildman–Crippen LogP) is 0.952. The van der Waals surface area contributed by atoms with E-state index in [2.05, 4.69) is 5.32 Å². The van der Waals surface area contributed by atoms with Crippen molar-refractivity contribution in [2.45, 2.75) is 19.4 Å². The van der Waals surface area contributed by atoms with E-state index in [0.29, 0.717) is 12.2 Å². The quantitative estimate of drug-likeness (QED) is 0.755. The number of para-hydroxylation sites is 1. The summed E-state index contributed by atoms with van der Waals surface area (Å²) in [6.45, 7) is 1.83. The van der Waals surface area contributed by atoms with E-state index in [4.69, 9.17) is 9.84 Å². The van der Waals surface area contributed by atoms with Gasteiger partial charge in [-0.1, -0.05) is 25.1 Å². The van der Waals surface area contributed by atoms with Crippen molar-refractivity contribution in [2.75, 3.05) is 13.2 Å². The first-order valence-corrected chi connectivity index (χ1v) is 5.34. The molecule has 0 aliphatic carbocycles. The van der Waals surface area contributed by atoms with Gasteiger partial charge < -0.3 is 15.2 Å². The smallest absolute Gasteiger partial charge is 0.258 e. The molecule has 1 amide bonds. The van der Waals surface area contributed by atoms with Gasteiger partial charge in [-0.2, -0.15) is 0 Å². The molecule has 88 valence electrons. The fourth-order valence-corrected chi connectivity index (χ4v) is 1.21. The fraction of sp³-hybridized carbons (Fsp3) is 0.417. The first-order chi connectivity index (χ1) is 7.76. The number of carbonyl (C=O) groups is 1. The van der Waals surface area contributed by atoms with E-state index >= 15 is 0 Å². The van der Waals surface area contributed by atoms with Crippen LogP contribution in [0.25, 0.3) is 0 Å². The molecular weight excluding hydrogens is 206 g/mol. The number of aliphatic hydroxyl groups is 1. The molecule has 4 nitrogen and oxygen atoms in total. The van der Waals surface area contributed by atoms with Gasteiger partial charge in [0.1, 0.15) is 5.75 Å². The van der Waals surface area contributed by atoms with Gasteiger partial charge in [0.2, 0.25) is 0 Å². The second-order valence-electron chi connectivity index (χ2n) is 3.46. The molecule has 0 saturated carbocycles. The van der Waals surface area contributed by atoms with Gasteiger partial charge >= 0.3 is 0 Å². The number of benzene rings is 1. The molecule has 1 aromatic rings. The van der Waals surface area contributed by atoms with Crippen molar-refractivity contribution in [1.29, 1.82) is 0 Å². The number of nitrogens with one attached hydrogen (secondary N) is 1. The van der Waals surface area contributed by atoms with Crippen LogP contribution in [0.4, 0.5) is 0 Å². The maximum Gasteiger partial charge on any atom is 0.258 e. The van der Waals surface area contributed by atoms with Crippen LogP contribution in [0.1, 0.15) is 13.3 Å². The Balaban J connectivity index is 2.30. The maximum atomic E-state index is 11.4. The summed E-state index contributed by atoms with van der Waals surface area (Å²) in [5.41, 5.74) is 0. The standard InChI is InChI=1S/C12H17NO3/c1-2-10(8-14)13-12(15)9-16-11-6-4-3-5-7-11/h3-7,10,14H,2,8-9H2,1H3,(H,13,15)/t10-/m0/s1. The van der Waals surface area contributed by atoms with Crippen molar-refractivity contribution < 1.29 is 14.6 Å². The third-order valence-corrected chi connectivity index (χ3v) is 2.19. The lowest BCUT2D eigenvalue weighted by molar-refractivity contribution is -0.124. The predicted molar refractivity (Wildman–Crippen MR) is 61.2 cm³/mol. The number of carbonyl (C=O) groups excluding carboxylic acids is 1. The van der Waals surface area contributed by atoms with Crippen LogP contribution in [-0.2, 0) is 4.79 Å². The van der Waals surface area contributed by atoms with Gasteiger partial charge in [0.25, 0.3) is 5.91 Å². The van der Waals surface area contributed by atoms with E-state index in [9.17, 15) is 4.79 Å². The average molecular weight is 223 g/mol. The number of hydrogen-bond donors (Lipinski definition) is 2. The number of amides is 1. The summed E-state index contributed by atoms with van der Waals surface area (Å²) in [6, 6.07) is 8.96. The van der Waals surface area contributed by atoms with Gasteiger partial charge in [-0.15, -0.1) is 0 Å². The Morgan fingerprint density at radius 1 is 1.44 bits per heavy atom. The Morgan fingerprint density at radius 3 is 2.69 bits per heavy atom. The first-order valence-electron chi connectivity index (χ1n) is 5.34. The highest BCUT2D eigenvalue weighted by Gasteiger charge is 2.09. The molecule has 16 heavy (non-hydrogen) atoms. The van der Waals surface area contributed by atoms with Crippen molar-refractivity contribution in [2.24, 2.45) is 0 Å². The first kappa shape index (κ1) is 12.5. The number of ether oxygens (including phenoxy) is 1. The van der Waals surface area contributed by atoms with Gasteiger partial charge in [-0.3, -0.25) is 4.79 Å². The highest BCUT2D eigenvalue weighted by Crippen LogP contribution is 2.07. The number of rotatable bonds is 6. The normalized spacial score (nSPS) is 11.9. The molecule has 4 heteroatoms. The average Bonchev–Trinajstić information content (AvgIpc) is 2.34. The summed E-state index contributed by atoms with van der Waals surface area (Å²) in [7, 11) is 0. The topological polar surface area (TPSA) is 58.6 Å². The van der Waals surface area contributed by atoms with Crippen LogP contribution in [0.2, 0.25) is 0 Å². The molecule has 0 fully saturated rings. The molecule has 0 aliphatic heterocycles. The molecule has 0 spiro atoms. The van der Waals surface area contributed by atoms with E-state index in [1.807, 2.05) is 25.1 Å². The fourth-order valence-electron chi connectivity index (χ4n) is 1.21. The van der Waals surface area contributed by atoms with Crippen LogP contribution in [0.5, 0.6) is 5.75 Å². The second-order valence-corrected chi connectivity index (χ2v) is 3.46. The van der Waals surface area contributed by atoms with Crippen LogP contribution in [0.3, 0.4) is 0 Å². The largest absolute Gasteiger partial charge is 0.484 e. The van der Waals surface area contributed by atoms with Crippen LogP contribution in [-0.4, -0.2) is 30.3 Å². The van der Waals surface area contributed by atoms with Crippen molar-refractivity contribution >= 4 is 5.91 Å². The molecule has 0 radical (unpaired) electrons. The summed E-state index contributed by atoms with van der Waals surface area (Å²) in [6.07, 6.45) is 0.702. The van der Waals surface area contributed by atoms with Crippen LogP contribution >= 0.6 is 0 Å². The van der Waals surface area contributed by atoms with E-state index in [0.717, 1.165) is 0 Å². The minimum absolute atomic E-state index is 0.0273. The Morgan fingerprint density at radius 2 is 2.12 bits per heavy atom. The SMILES string of the molecule is CC[C@@H](CO)NC(=O)COc1ccccc1. The molecule has 0 unspecified atom stereocenters. The molecule has 0 saturated heterocycles. The Bertz CT molecular complexity index is 309. The van der Waals surface area contributed by atoms with Gasteiger partial charge in [0, 0.05) is 0 Å². The molecule has 1 rings (SSSR count). The minimum Gasteiger partial charge on any atom is -0.484 e. The number of hydrogen-bond acceptors (Lipinski definition) is 3. The zero-order valence-corrected chi connectivity index (χ0v) is 9.35. The molecule has 0 heterocycles. The van der Waals surface area contributed by atoms with Crippen LogP contribution < -0.4 is 10.1 Å². The van der Waals surface area contributed by atoms with Crippen molar-refractivity contribution in [3.8, 4) is 5.75 Å². The molecule has 1 atom stereocenters. The van der Waals surface area contributed by atoms with Gasteiger partial charge in [-0.25, -0.2) is 0 Å². The van der Waals surface area contributed by atoms with E-state index in [1.165, 1.54) is 0 Å². The summed E-state index contributed by atoms with van der Waals surface area (Å²) < 4.78 is 5.26. The molecule has 0 aromatic heterocycles. The lowest BCUT2D eigenvalue weighted by atomic mass is 10.2. The second kappa shape index (κ2) is 6.85. The van der Waals surface area contributed by atoms with E-state index in [-0.39, 0.29) is 25.2 Å². The summed E-state index contributed by atoms with van der Waals surface area (Å²) in [5, 5.41) is 11.6. The highest BCUT2D eigenvalue weighted by molar-refractivity contribution is 5.77. The Kier molecular flexibility index (Phi) is 5.36. The zero-order chi connectivity index (χ0) is 11.8. The molecule has 2 N–H and O–H groups in total. The van der Waals surface area contributed by atoms with Gasteiger partial charge in [0.05, 0.1) is 12.6 Å². The van der Waals surface area contributed by atoms with E-state index in [1.54, 1.807) is 12.1 Å². The third kappa shape index (κ3) is 4.31. The summed E-state index contributed by atoms with van der Waals surface area (Å²) in [4.78, 5) is 11.4. The van der Waals surface area contributed by atoms with Gasteiger partial charge in [0.15, 0.2) is 6.61 Å². The zero-order valence-electron chi connectivity index (χ0n) is 9.35. The van der Waals surface area contributed by atoms with Crippen LogP contribution in [0, 0.1) is 0 Å². The monoisotopic (exact) mass is 223 g/mol. The Hall–Kier alpha value is -1.55. The third-order valence-electron chi connectivity index (χ3n) is 2.19. The maximum absolute atomic E-state index is 11.4.